The van der Waals surface area contributed by atoms with Gasteiger partial charge in [-0.25, -0.2) is 0 Å². The molecule has 1 aliphatic heterocycles. The number of aliphatic hydroxyl groups is 1. The van der Waals surface area contributed by atoms with Gasteiger partial charge in [0.1, 0.15) is 5.69 Å². The molecule has 2 unspecified atom stereocenters. The van der Waals surface area contributed by atoms with Gasteiger partial charge in [-0.1, -0.05) is 18.5 Å². The van der Waals surface area contributed by atoms with E-state index in [1.165, 1.54) is 12.1 Å². The lowest BCUT2D eigenvalue weighted by Crippen LogP contribution is -2.43. The molecule has 5 nitrogen and oxygen atoms in total. The molecule has 2 atom stereocenters. The number of hydrogen-bond acceptors (Lipinski definition) is 4. The summed E-state index contributed by atoms with van der Waals surface area (Å²) in [5, 5.41) is 21.3. The van der Waals surface area contributed by atoms with Crippen molar-refractivity contribution in [2.45, 2.75) is 19.4 Å². The molecule has 6 heteroatoms. The molecular formula is C12H15ClN2O3. The first-order chi connectivity index (χ1) is 8.49. The van der Waals surface area contributed by atoms with Gasteiger partial charge in [-0.2, -0.15) is 0 Å². The van der Waals surface area contributed by atoms with Crippen molar-refractivity contribution in [2.24, 2.45) is 5.92 Å². The minimum Gasteiger partial charge on any atom is -0.391 e. The summed E-state index contributed by atoms with van der Waals surface area (Å²) < 4.78 is 0. The molecule has 1 saturated heterocycles. The van der Waals surface area contributed by atoms with Gasteiger partial charge >= 0.3 is 0 Å². The van der Waals surface area contributed by atoms with Gasteiger partial charge in [0.2, 0.25) is 0 Å². The summed E-state index contributed by atoms with van der Waals surface area (Å²) in [5.41, 5.74) is 0.514. The Morgan fingerprint density at radius 1 is 1.56 bits per heavy atom. The number of nitrogens with zero attached hydrogens (tertiary/aromatic N) is 2. The molecule has 0 amide bonds. The fourth-order valence-corrected chi connectivity index (χ4v) is 2.34. The molecule has 2 rings (SSSR count). The summed E-state index contributed by atoms with van der Waals surface area (Å²) in [6.07, 6.45) is 0.350. The monoisotopic (exact) mass is 270 g/mol. The summed E-state index contributed by atoms with van der Waals surface area (Å²) in [5.74, 6) is 0.222. The molecule has 1 fully saturated rings. The van der Waals surface area contributed by atoms with Gasteiger partial charge in [0.25, 0.3) is 5.69 Å². The molecule has 0 radical (unpaired) electrons. The van der Waals surface area contributed by atoms with Crippen molar-refractivity contribution in [2.75, 3.05) is 18.0 Å². The van der Waals surface area contributed by atoms with Crippen LogP contribution in [0.4, 0.5) is 11.4 Å². The molecule has 0 aromatic heterocycles. The number of β-amino-alcohol motifs (C(OH)–C–C–N with tert-alkyl or cyclic N) is 1. The van der Waals surface area contributed by atoms with Crippen LogP contribution in [0.25, 0.3) is 0 Å². The van der Waals surface area contributed by atoms with E-state index < -0.39 is 11.0 Å². The van der Waals surface area contributed by atoms with E-state index >= 15 is 0 Å². The lowest BCUT2D eigenvalue weighted by atomic mass is 9.95. The molecule has 0 aliphatic carbocycles. The Morgan fingerprint density at radius 2 is 2.28 bits per heavy atom. The molecule has 1 N–H and O–H groups in total. The molecule has 1 aromatic carbocycles. The Kier molecular flexibility index (Phi) is 3.73. The number of nitro groups is 1. The Balaban J connectivity index is 2.32. The largest absolute Gasteiger partial charge is 0.391 e. The van der Waals surface area contributed by atoms with Crippen molar-refractivity contribution in [3.63, 3.8) is 0 Å². The van der Waals surface area contributed by atoms with E-state index in [1.54, 1.807) is 6.07 Å². The zero-order valence-corrected chi connectivity index (χ0v) is 10.8. The van der Waals surface area contributed by atoms with Crippen LogP contribution < -0.4 is 4.90 Å². The first-order valence-corrected chi connectivity index (χ1v) is 6.24. The minimum atomic E-state index is -0.461. The molecule has 98 valence electrons. The van der Waals surface area contributed by atoms with Crippen LogP contribution in [-0.4, -0.2) is 29.2 Å². The summed E-state index contributed by atoms with van der Waals surface area (Å²) in [6, 6.07) is 4.50. The molecule has 1 aliphatic rings. The van der Waals surface area contributed by atoms with Crippen LogP contribution in [0.1, 0.15) is 13.3 Å². The number of benzene rings is 1. The average Bonchev–Trinajstić information content (AvgIpc) is 2.32. The standard InChI is InChI=1S/C12H15ClN2O3/c1-8-4-5-14(7-12(8)16)11-6-9(13)2-3-10(11)15(17)18/h2-3,6,8,12,16H,4-5,7H2,1H3. The van der Waals surface area contributed by atoms with Gasteiger partial charge in [-0.3, -0.25) is 10.1 Å². The number of halogens is 1. The third-order valence-electron chi connectivity index (χ3n) is 3.39. The van der Waals surface area contributed by atoms with E-state index in [-0.39, 0.29) is 11.6 Å². The zero-order valence-electron chi connectivity index (χ0n) is 10.0. The lowest BCUT2D eigenvalue weighted by molar-refractivity contribution is -0.384. The normalized spacial score (nSPS) is 24.1. The zero-order chi connectivity index (χ0) is 13.3. The molecule has 1 heterocycles. The highest BCUT2D eigenvalue weighted by Crippen LogP contribution is 2.33. The maximum atomic E-state index is 11.0. The second-order valence-corrected chi connectivity index (χ2v) is 5.11. The second-order valence-electron chi connectivity index (χ2n) is 4.67. The minimum absolute atomic E-state index is 0.0288. The van der Waals surface area contributed by atoms with Gasteiger partial charge in [-0.15, -0.1) is 0 Å². The fourth-order valence-electron chi connectivity index (χ4n) is 2.17. The van der Waals surface area contributed by atoms with Gasteiger partial charge < -0.3 is 10.0 Å². The topological polar surface area (TPSA) is 66.6 Å². The van der Waals surface area contributed by atoms with Crippen molar-refractivity contribution in [3.8, 4) is 0 Å². The van der Waals surface area contributed by atoms with Gasteiger partial charge in [0.15, 0.2) is 0 Å². The number of piperidine rings is 1. The van der Waals surface area contributed by atoms with Gasteiger partial charge in [0, 0.05) is 24.2 Å². The highest BCUT2D eigenvalue weighted by atomic mass is 35.5. The maximum Gasteiger partial charge on any atom is 0.292 e. The third-order valence-corrected chi connectivity index (χ3v) is 3.63. The highest BCUT2D eigenvalue weighted by Gasteiger charge is 2.28. The van der Waals surface area contributed by atoms with Crippen molar-refractivity contribution in [3.05, 3.63) is 33.3 Å². The van der Waals surface area contributed by atoms with Crippen molar-refractivity contribution in [1.29, 1.82) is 0 Å². The smallest absolute Gasteiger partial charge is 0.292 e. The first kappa shape index (κ1) is 13.1. The predicted molar refractivity (Wildman–Crippen MR) is 70.1 cm³/mol. The fraction of sp³-hybridized carbons (Fsp3) is 0.500. The quantitative estimate of drug-likeness (QED) is 0.662. The number of rotatable bonds is 2. The third kappa shape index (κ3) is 2.57. The van der Waals surface area contributed by atoms with E-state index in [1.807, 2.05) is 11.8 Å². The molecule has 0 saturated carbocycles. The summed E-state index contributed by atoms with van der Waals surface area (Å²) in [7, 11) is 0. The summed E-state index contributed by atoms with van der Waals surface area (Å²) in [4.78, 5) is 12.4. The van der Waals surface area contributed by atoms with E-state index in [0.717, 1.165) is 6.42 Å². The Labute approximate surface area is 110 Å². The van der Waals surface area contributed by atoms with Crippen LogP contribution >= 0.6 is 11.6 Å². The van der Waals surface area contributed by atoms with E-state index in [0.29, 0.717) is 23.8 Å². The number of anilines is 1. The van der Waals surface area contributed by atoms with Crippen molar-refractivity contribution >= 4 is 23.0 Å². The van der Waals surface area contributed by atoms with Crippen LogP contribution in [-0.2, 0) is 0 Å². The Hall–Kier alpha value is -1.33. The van der Waals surface area contributed by atoms with Crippen LogP contribution in [0, 0.1) is 16.0 Å². The summed E-state index contributed by atoms with van der Waals surface area (Å²) >= 11 is 5.89. The van der Waals surface area contributed by atoms with Crippen molar-refractivity contribution in [1.82, 2.24) is 0 Å². The first-order valence-electron chi connectivity index (χ1n) is 5.86. The van der Waals surface area contributed by atoms with E-state index in [2.05, 4.69) is 0 Å². The van der Waals surface area contributed by atoms with Gasteiger partial charge in [-0.05, 0) is 24.5 Å². The summed E-state index contributed by atoms with van der Waals surface area (Å²) in [6.45, 7) is 3.08. The van der Waals surface area contributed by atoms with E-state index in [9.17, 15) is 15.2 Å². The number of hydrogen-bond donors (Lipinski definition) is 1. The van der Waals surface area contributed by atoms with E-state index in [4.69, 9.17) is 11.6 Å². The highest BCUT2D eigenvalue weighted by molar-refractivity contribution is 6.31. The maximum absolute atomic E-state index is 11.0. The number of aliphatic hydroxyl groups excluding tert-OH is 1. The van der Waals surface area contributed by atoms with Gasteiger partial charge in [0.05, 0.1) is 11.0 Å². The van der Waals surface area contributed by atoms with Crippen molar-refractivity contribution < 1.29 is 10.0 Å². The molecule has 1 aromatic rings. The van der Waals surface area contributed by atoms with Crippen LogP contribution in [0.5, 0.6) is 0 Å². The van der Waals surface area contributed by atoms with Crippen LogP contribution in [0.15, 0.2) is 18.2 Å². The molecule has 0 bridgehead atoms. The Morgan fingerprint density at radius 3 is 2.89 bits per heavy atom. The average molecular weight is 271 g/mol. The lowest BCUT2D eigenvalue weighted by Gasteiger charge is -2.35. The predicted octanol–water partition coefficient (Wildman–Crippen LogP) is 2.46. The molecule has 0 spiro atoms. The SMILES string of the molecule is CC1CCN(c2cc(Cl)ccc2[N+](=O)[O-])CC1O. The van der Waals surface area contributed by atoms with Crippen LogP contribution in [0.3, 0.4) is 0 Å². The molecular weight excluding hydrogens is 256 g/mol. The number of nitro benzene ring substituents is 1. The van der Waals surface area contributed by atoms with Crippen LogP contribution in [0.2, 0.25) is 5.02 Å². The Bertz CT molecular complexity index is 467. The molecule has 18 heavy (non-hydrogen) atoms. The second kappa shape index (κ2) is 5.12.